The third-order valence-electron chi connectivity index (χ3n) is 6.85. The Labute approximate surface area is 228 Å². The van der Waals surface area contributed by atoms with Gasteiger partial charge in [0, 0.05) is 36.3 Å². The van der Waals surface area contributed by atoms with E-state index in [9.17, 15) is 14.7 Å². The predicted octanol–water partition coefficient (Wildman–Crippen LogP) is 3.89. The Balaban J connectivity index is 1.55. The van der Waals surface area contributed by atoms with Gasteiger partial charge in [-0.1, -0.05) is 18.2 Å². The number of rotatable bonds is 11. The fraction of sp³-hybridized carbons (Fsp3) is 0.300. The summed E-state index contributed by atoms with van der Waals surface area (Å²) >= 11 is 0. The molecule has 0 fully saturated rings. The second-order valence-electron chi connectivity index (χ2n) is 9.45. The molecule has 4 rings (SSSR count). The molecule has 2 atom stereocenters. The summed E-state index contributed by atoms with van der Waals surface area (Å²) in [5.74, 6) is 0.627. The molecule has 3 aromatic carbocycles. The number of nitrogens with zero attached hydrogens (tertiary/aromatic N) is 2. The van der Waals surface area contributed by atoms with E-state index in [-0.39, 0.29) is 31.2 Å². The minimum atomic E-state index is -0.375. The van der Waals surface area contributed by atoms with Crippen LogP contribution in [0.3, 0.4) is 0 Å². The number of fused-ring (bicyclic) bond motifs is 1. The molecular formula is C30H34N4O5. The van der Waals surface area contributed by atoms with Gasteiger partial charge in [-0.15, -0.1) is 0 Å². The van der Waals surface area contributed by atoms with Crippen molar-refractivity contribution in [2.75, 3.05) is 31.4 Å². The van der Waals surface area contributed by atoms with Gasteiger partial charge in [-0.25, -0.2) is 0 Å². The monoisotopic (exact) mass is 530 g/mol. The Morgan fingerprint density at radius 3 is 2.64 bits per heavy atom. The molecule has 1 heterocycles. The van der Waals surface area contributed by atoms with Gasteiger partial charge in [0.05, 0.1) is 31.5 Å². The highest BCUT2D eigenvalue weighted by molar-refractivity contribution is 5.94. The van der Waals surface area contributed by atoms with E-state index < -0.39 is 0 Å². The number of anilines is 2. The second kappa shape index (κ2) is 12.6. The van der Waals surface area contributed by atoms with E-state index in [1.165, 1.54) is 18.4 Å². The summed E-state index contributed by atoms with van der Waals surface area (Å²) in [6.07, 6.45) is 3.43. The maximum Gasteiger partial charge on any atom is 0.241 e. The molecular weight excluding hydrogens is 496 g/mol. The third-order valence-corrected chi connectivity index (χ3v) is 6.85. The Morgan fingerprint density at radius 2 is 1.95 bits per heavy atom. The lowest BCUT2D eigenvalue weighted by Gasteiger charge is -2.19. The zero-order valence-electron chi connectivity index (χ0n) is 22.6. The van der Waals surface area contributed by atoms with E-state index in [1.54, 1.807) is 44.3 Å². The molecule has 0 saturated heterocycles. The average molecular weight is 531 g/mol. The molecule has 0 bridgehead atoms. The highest BCUT2D eigenvalue weighted by Gasteiger charge is 2.24. The van der Waals surface area contributed by atoms with Crippen molar-refractivity contribution in [2.24, 2.45) is 4.99 Å². The molecule has 3 N–H and O–H groups in total. The first-order chi connectivity index (χ1) is 18.9. The lowest BCUT2D eigenvalue weighted by Crippen LogP contribution is -2.35. The lowest BCUT2D eigenvalue weighted by atomic mass is 10.1. The largest absolute Gasteiger partial charge is 0.493 e. The Bertz CT molecular complexity index is 1370. The van der Waals surface area contributed by atoms with Crippen molar-refractivity contribution in [2.45, 2.75) is 38.6 Å². The zero-order valence-corrected chi connectivity index (χ0v) is 22.6. The molecule has 0 saturated carbocycles. The average Bonchev–Trinajstić information content (AvgIpc) is 3.29. The van der Waals surface area contributed by atoms with E-state index in [4.69, 9.17) is 9.47 Å². The van der Waals surface area contributed by atoms with E-state index in [0.717, 1.165) is 18.3 Å². The van der Waals surface area contributed by atoms with Crippen LogP contribution in [0.2, 0.25) is 0 Å². The highest BCUT2D eigenvalue weighted by atomic mass is 16.5. The van der Waals surface area contributed by atoms with Crippen LogP contribution < -0.4 is 25.0 Å². The van der Waals surface area contributed by atoms with E-state index >= 15 is 0 Å². The lowest BCUT2D eigenvalue weighted by molar-refractivity contribution is -0.117. The van der Waals surface area contributed by atoms with Crippen LogP contribution in [0.5, 0.6) is 11.5 Å². The number of nitrogens with one attached hydrogen (secondary N) is 2. The first-order valence-electron chi connectivity index (χ1n) is 12.7. The van der Waals surface area contributed by atoms with Gasteiger partial charge in [-0.05, 0) is 67.4 Å². The van der Waals surface area contributed by atoms with Gasteiger partial charge in [0.15, 0.2) is 17.8 Å². The van der Waals surface area contributed by atoms with Crippen LogP contribution in [0.25, 0.3) is 0 Å². The number of likely N-dealkylation sites (N-methyl/N-ethyl adjacent to an activating group) is 2. The molecule has 1 aliphatic heterocycles. The van der Waals surface area contributed by atoms with Crippen LogP contribution in [0.1, 0.15) is 34.0 Å². The number of para-hydroxylation sites is 1. The van der Waals surface area contributed by atoms with Crippen LogP contribution in [0.15, 0.2) is 59.6 Å². The quantitative estimate of drug-likeness (QED) is 0.255. The number of aldehydes is 1. The van der Waals surface area contributed by atoms with Gasteiger partial charge in [0.25, 0.3) is 0 Å². The zero-order chi connectivity index (χ0) is 27.9. The van der Waals surface area contributed by atoms with Crippen molar-refractivity contribution in [3.63, 3.8) is 0 Å². The van der Waals surface area contributed by atoms with Crippen molar-refractivity contribution < 1.29 is 24.2 Å². The number of carbonyl (C=O) groups is 2. The van der Waals surface area contributed by atoms with Gasteiger partial charge in [0.1, 0.15) is 6.61 Å². The molecule has 3 aromatic rings. The SMILES string of the molecule is CN[C@@H](C)C(=O)Nc1cc(CO)cc(COc2cc(N=C[C@@H]3Cc4ccccc4N3C)c(C=O)cc2OC)c1. The highest BCUT2D eigenvalue weighted by Crippen LogP contribution is 2.36. The Hall–Kier alpha value is -4.21. The van der Waals surface area contributed by atoms with Crippen LogP contribution in [-0.2, 0) is 24.4 Å². The van der Waals surface area contributed by atoms with E-state index in [2.05, 4.69) is 32.7 Å². The maximum absolute atomic E-state index is 12.3. The molecule has 0 aromatic heterocycles. The summed E-state index contributed by atoms with van der Waals surface area (Å²) in [5, 5.41) is 15.5. The topological polar surface area (TPSA) is 112 Å². The number of hydrogen-bond acceptors (Lipinski definition) is 8. The number of aliphatic hydroxyl groups is 1. The van der Waals surface area contributed by atoms with Crippen molar-refractivity contribution in [1.29, 1.82) is 0 Å². The number of amides is 1. The molecule has 1 aliphatic rings. The third kappa shape index (κ3) is 6.45. The minimum absolute atomic E-state index is 0.0638. The van der Waals surface area contributed by atoms with Gasteiger partial charge >= 0.3 is 0 Å². The summed E-state index contributed by atoms with van der Waals surface area (Å²) in [4.78, 5) is 31.0. The maximum atomic E-state index is 12.3. The molecule has 204 valence electrons. The Kier molecular flexibility index (Phi) is 8.96. The summed E-state index contributed by atoms with van der Waals surface area (Å²) in [6, 6.07) is 16.5. The predicted molar refractivity (Wildman–Crippen MR) is 153 cm³/mol. The molecule has 39 heavy (non-hydrogen) atoms. The number of ether oxygens (including phenoxy) is 2. The van der Waals surface area contributed by atoms with Gasteiger partial charge in [-0.3, -0.25) is 14.6 Å². The number of hydrogen-bond donors (Lipinski definition) is 3. The van der Waals surface area contributed by atoms with E-state index in [1.807, 2.05) is 25.4 Å². The van der Waals surface area contributed by atoms with Crippen molar-refractivity contribution >= 4 is 35.5 Å². The van der Waals surface area contributed by atoms with E-state index in [0.29, 0.717) is 34.0 Å². The van der Waals surface area contributed by atoms with Crippen LogP contribution >= 0.6 is 0 Å². The normalized spacial score (nSPS) is 15.2. The molecule has 9 heteroatoms. The van der Waals surface area contributed by atoms with Gasteiger partial charge in [-0.2, -0.15) is 0 Å². The minimum Gasteiger partial charge on any atom is -0.493 e. The number of benzene rings is 3. The van der Waals surface area contributed by atoms with Gasteiger partial charge in [0.2, 0.25) is 5.91 Å². The number of methoxy groups -OCH3 is 1. The summed E-state index contributed by atoms with van der Waals surface area (Å²) < 4.78 is 11.6. The smallest absolute Gasteiger partial charge is 0.241 e. The van der Waals surface area contributed by atoms with Gasteiger partial charge < -0.3 is 30.1 Å². The first-order valence-corrected chi connectivity index (χ1v) is 12.7. The first kappa shape index (κ1) is 27.8. The van der Waals surface area contributed by atoms with Crippen LogP contribution in [-0.4, -0.2) is 56.8 Å². The molecule has 0 unspecified atom stereocenters. The fourth-order valence-corrected chi connectivity index (χ4v) is 4.48. The molecule has 0 aliphatic carbocycles. The molecule has 9 nitrogen and oxygen atoms in total. The van der Waals surface area contributed by atoms with Crippen molar-refractivity contribution in [1.82, 2.24) is 5.32 Å². The number of carbonyl (C=O) groups excluding carboxylic acids is 2. The number of aliphatic imine (C=N–C) groups is 1. The molecule has 0 radical (unpaired) electrons. The summed E-state index contributed by atoms with van der Waals surface area (Å²) in [5.41, 5.74) is 5.23. The summed E-state index contributed by atoms with van der Waals surface area (Å²) in [6.45, 7) is 1.71. The second-order valence-corrected chi connectivity index (χ2v) is 9.45. The van der Waals surface area contributed by atoms with Crippen molar-refractivity contribution in [3.05, 3.63) is 76.9 Å². The molecule has 0 spiro atoms. The van der Waals surface area contributed by atoms with Crippen LogP contribution in [0, 0.1) is 0 Å². The Morgan fingerprint density at radius 1 is 1.18 bits per heavy atom. The fourth-order valence-electron chi connectivity index (χ4n) is 4.48. The summed E-state index contributed by atoms with van der Waals surface area (Å²) in [7, 11) is 5.25. The van der Waals surface area contributed by atoms with Crippen molar-refractivity contribution in [3.8, 4) is 11.5 Å². The number of aliphatic hydroxyl groups excluding tert-OH is 1. The standard InChI is InChI=1S/C30H34N4O5/c1-19(31-2)30(37)33-24-10-20(16-35)9-21(11-24)18-39-29-14-26(23(17-36)13-28(29)38-4)32-15-25-12-22-7-5-6-8-27(22)34(25)3/h5-11,13-15,17,19,25,31,35H,12,16,18H2,1-4H3,(H,33,37)/t19-,25-/m0/s1. The molecule has 1 amide bonds. The van der Waals surface area contributed by atoms with Crippen LogP contribution in [0.4, 0.5) is 17.1 Å².